The second-order valence-corrected chi connectivity index (χ2v) is 4.93. The van der Waals surface area contributed by atoms with Crippen molar-refractivity contribution in [2.45, 2.75) is 38.8 Å². The van der Waals surface area contributed by atoms with Gasteiger partial charge in [0, 0.05) is 18.6 Å². The molecule has 2 N–H and O–H groups in total. The molecule has 2 nitrogen and oxygen atoms in total. The summed E-state index contributed by atoms with van der Waals surface area (Å²) in [7, 11) is 2.08. The van der Waals surface area contributed by atoms with Gasteiger partial charge in [-0.15, -0.1) is 0 Å². The van der Waals surface area contributed by atoms with Gasteiger partial charge in [-0.05, 0) is 38.1 Å². The predicted molar refractivity (Wildman–Crippen MR) is 70.2 cm³/mol. The van der Waals surface area contributed by atoms with Crippen LogP contribution in [0.25, 0.3) is 0 Å². The van der Waals surface area contributed by atoms with Crippen molar-refractivity contribution in [3.63, 3.8) is 0 Å². The van der Waals surface area contributed by atoms with Gasteiger partial charge in [0.25, 0.3) is 0 Å². The Morgan fingerprint density at radius 2 is 1.88 bits per heavy atom. The maximum absolute atomic E-state index is 12.8. The standard InChI is InChI=1S/C14H23FN2/c1-4-9-14(2,11-16)17(3)10-12-5-7-13(15)8-6-12/h5-8H,4,9-11,16H2,1-3H3. The molecule has 0 aromatic heterocycles. The molecule has 17 heavy (non-hydrogen) atoms. The van der Waals surface area contributed by atoms with Crippen molar-refractivity contribution < 1.29 is 4.39 Å². The summed E-state index contributed by atoms with van der Waals surface area (Å²) in [5.41, 5.74) is 7.00. The van der Waals surface area contributed by atoms with E-state index in [4.69, 9.17) is 5.73 Å². The number of rotatable bonds is 6. The van der Waals surface area contributed by atoms with Crippen LogP contribution >= 0.6 is 0 Å². The number of halogens is 1. The minimum atomic E-state index is -0.188. The van der Waals surface area contributed by atoms with E-state index >= 15 is 0 Å². The average Bonchev–Trinajstić information content (AvgIpc) is 2.32. The third-order valence-corrected chi connectivity index (χ3v) is 3.48. The molecule has 1 unspecified atom stereocenters. The molecule has 0 spiro atoms. The Balaban J connectivity index is 2.69. The fourth-order valence-electron chi connectivity index (χ4n) is 2.04. The molecule has 96 valence electrons. The number of nitrogens with zero attached hydrogens (tertiary/aromatic N) is 1. The highest BCUT2D eigenvalue weighted by atomic mass is 19.1. The van der Waals surface area contributed by atoms with Crippen molar-refractivity contribution in [2.75, 3.05) is 13.6 Å². The number of benzene rings is 1. The van der Waals surface area contributed by atoms with Gasteiger partial charge < -0.3 is 5.73 Å². The lowest BCUT2D eigenvalue weighted by Crippen LogP contribution is -2.49. The van der Waals surface area contributed by atoms with Crippen molar-refractivity contribution in [3.05, 3.63) is 35.6 Å². The lowest BCUT2D eigenvalue weighted by molar-refractivity contribution is 0.125. The minimum Gasteiger partial charge on any atom is -0.329 e. The summed E-state index contributed by atoms with van der Waals surface area (Å²) in [5, 5.41) is 0. The van der Waals surface area contributed by atoms with E-state index in [1.165, 1.54) is 12.1 Å². The Morgan fingerprint density at radius 3 is 2.35 bits per heavy atom. The molecule has 0 bridgehead atoms. The van der Waals surface area contributed by atoms with E-state index < -0.39 is 0 Å². The molecule has 0 amide bonds. The van der Waals surface area contributed by atoms with Gasteiger partial charge in [0.2, 0.25) is 0 Å². The topological polar surface area (TPSA) is 29.3 Å². The van der Waals surface area contributed by atoms with Gasteiger partial charge in [0.05, 0.1) is 0 Å². The van der Waals surface area contributed by atoms with E-state index in [9.17, 15) is 4.39 Å². The second-order valence-electron chi connectivity index (χ2n) is 4.93. The monoisotopic (exact) mass is 238 g/mol. The number of nitrogens with two attached hydrogens (primary N) is 1. The van der Waals surface area contributed by atoms with Gasteiger partial charge in [-0.1, -0.05) is 25.5 Å². The van der Waals surface area contributed by atoms with Crippen LogP contribution in [0.1, 0.15) is 32.3 Å². The molecule has 0 saturated heterocycles. The molecule has 0 aliphatic rings. The molecule has 1 rings (SSSR count). The summed E-state index contributed by atoms with van der Waals surface area (Å²) in [4.78, 5) is 2.25. The predicted octanol–water partition coefficient (Wildman–Crippen LogP) is 2.78. The zero-order chi connectivity index (χ0) is 12.9. The normalized spacial score (nSPS) is 14.9. The van der Waals surface area contributed by atoms with Crippen LogP contribution in [-0.4, -0.2) is 24.0 Å². The van der Waals surface area contributed by atoms with Crippen LogP contribution in [0, 0.1) is 5.82 Å². The molecule has 0 saturated carbocycles. The highest BCUT2D eigenvalue weighted by Crippen LogP contribution is 2.20. The van der Waals surface area contributed by atoms with Crippen LogP contribution in [-0.2, 0) is 6.54 Å². The maximum Gasteiger partial charge on any atom is 0.123 e. The van der Waals surface area contributed by atoms with Crippen LogP contribution in [0.2, 0.25) is 0 Å². The van der Waals surface area contributed by atoms with E-state index in [1.807, 2.05) is 12.1 Å². The van der Waals surface area contributed by atoms with E-state index in [0.717, 1.165) is 24.9 Å². The zero-order valence-electron chi connectivity index (χ0n) is 11.0. The molecule has 0 aliphatic heterocycles. The fraction of sp³-hybridized carbons (Fsp3) is 0.571. The van der Waals surface area contributed by atoms with Crippen molar-refractivity contribution in [1.29, 1.82) is 0 Å². The molecule has 1 atom stereocenters. The lowest BCUT2D eigenvalue weighted by atomic mass is 9.94. The van der Waals surface area contributed by atoms with Gasteiger partial charge in [-0.3, -0.25) is 4.90 Å². The number of likely N-dealkylation sites (N-methyl/N-ethyl adjacent to an activating group) is 1. The van der Waals surface area contributed by atoms with Crippen LogP contribution < -0.4 is 5.73 Å². The number of hydrogen-bond acceptors (Lipinski definition) is 2. The molecule has 0 heterocycles. The average molecular weight is 238 g/mol. The van der Waals surface area contributed by atoms with Gasteiger partial charge in [-0.25, -0.2) is 4.39 Å². The first kappa shape index (κ1) is 14.1. The van der Waals surface area contributed by atoms with Gasteiger partial charge in [0.15, 0.2) is 0 Å². The molecular weight excluding hydrogens is 215 g/mol. The highest BCUT2D eigenvalue weighted by Gasteiger charge is 2.26. The van der Waals surface area contributed by atoms with E-state index in [-0.39, 0.29) is 11.4 Å². The van der Waals surface area contributed by atoms with Crippen LogP contribution in [0.3, 0.4) is 0 Å². The molecule has 3 heteroatoms. The first-order valence-electron chi connectivity index (χ1n) is 6.17. The van der Waals surface area contributed by atoms with Crippen molar-refractivity contribution >= 4 is 0 Å². The Morgan fingerprint density at radius 1 is 1.29 bits per heavy atom. The molecule has 0 fully saturated rings. The van der Waals surface area contributed by atoms with E-state index in [0.29, 0.717) is 6.54 Å². The number of hydrogen-bond donors (Lipinski definition) is 1. The zero-order valence-corrected chi connectivity index (χ0v) is 11.0. The SMILES string of the molecule is CCCC(C)(CN)N(C)Cc1ccc(F)cc1. The van der Waals surface area contributed by atoms with E-state index in [1.54, 1.807) is 0 Å². The Kier molecular flexibility index (Phi) is 5.09. The Hall–Kier alpha value is -0.930. The molecule has 1 aromatic rings. The summed E-state index contributed by atoms with van der Waals surface area (Å²) < 4.78 is 12.8. The van der Waals surface area contributed by atoms with Crippen molar-refractivity contribution in [1.82, 2.24) is 4.90 Å². The summed E-state index contributed by atoms with van der Waals surface area (Å²) in [6, 6.07) is 6.66. The largest absolute Gasteiger partial charge is 0.329 e. The fourth-order valence-corrected chi connectivity index (χ4v) is 2.04. The summed E-state index contributed by atoms with van der Waals surface area (Å²) in [6.07, 6.45) is 2.18. The van der Waals surface area contributed by atoms with E-state index in [2.05, 4.69) is 25.8 Å². The molecule has 0 aliphatic carbocycles. The second kappa shape index (κ2) is 6.12. The van der Waals surface area contributed by atoms with Crippen LogP contribution in [0.15, 0.2) is 24.3 Å². The maximum atomic E-state index is 12.8. The highest BCUT2D eigenvalue weighted by molar-refractivity contribution is 5.16. The van der Waals surface area contributed by atoms with Crippen LogP contribution in [0.4, 0.5) is 4.39 Å². The summed E-state index contributed by atoms with van der Waals surface area (Å²) >= 11 is 0. The first-order valence-corrected chi connectivity index (χ1v) is 6.17. The molecule has 0 radical (unpaired) electrons. The van der Waals surface area contributed by atoms with Crippen molar-refractivity contribution in [3.8, 4) is 0 Å². The summed E-state index contributed by atoms with van der Waals surface area (Å²) in [5.74, 6) is -0.188. The third kappa shape index (κ3) is 3.79. The Labute approximate surface area is 104 Å². The van der Waals surface area contributed by atoms with Crippen molar-refractivity contribution in [2.24, 2.45) is 5.73 Å². The molecule has 1 aromatic carbocycles. The first-order chi connectivity index (χ1) is 8.01. The van der Waals surface area contributed by atoms with Crippen LogP contribution in [0.5, 0.6) is 0 Å². The van der Waals surface area contributed by atoms with Gasteiger partial charge in [0.1, 0.15) is 5.82 Å². The molecular formula is C14H23FN2. The minimum absolute atomic E-state index is 0.0170. The third-order valence-electron chi connectivity index (χ3n) is 3.48. The lowest BCUT2D eigenvalue weighted by Gasteiger charge is -2.38. The van der Waals surface area contributed by atoms with Gasteiger partial charge in [-0.2, -0.15) is 0 Å². The smallest absolute Gasteiger partial charge is 0.123 e. The quantitative estimate of drug-likeness (QED) is 0.825. The summed E-state index contributed by atoms with van der Waals surface area (Å²) in [6.45, 7) is 5.78. The van der Waals surface area contributed by atoms with Gasteiger partial charge >= 0.3 is 0 Å². The Bertz CT molecular complexity index is 337.